The number of benzene rings is 2. The minimum absolute atomic E-state index is 0.0380. The Hall–Kier alpha value is -2.54. The average molecular weight is 496 g/mol. The fraction of sp³-hybridized carbons (Fsp3) is 0.263. The molecule has 0 aliphatic carbocycles. The maximum absolute atomic E-state index is 13.8. The van der Waals surface area contributed by atoms with Crippen molar-refractivity contribution in [3.63, 3.8) is 0 Å². The fourth-order valence-corrected chi connectivity index (χ4v) is 5.07. The van der Waals surface area contributed by atoms with E-state index in [1.165, 1.54) is 30.3 Å². The molecule has 11 heteroatoms. The average Bonchev–Trinajstić information content (AvgIpc) is 3.05. The van der Waals surface area contributed by atoms with E-state index < -0.39 is 40.7 Å². The molecule has 0 aromatic heterocycles. The predicted molar refractivity (Wildman–Crippen MR) is 105 cm³/mol. The van der Waals surface area contributed by atoms with Crippen molar-refractivity contribution in [3.05, 3.63) is 57.8 Å². The number of β-amino-alcohol motifs (C(OH)–C–C–N with tert-alkyl or cyclic N) is 1. The minimum atomic E-state index is -4.20. The van der Waals surface area contributed by atoms with E-state index in [-0.39, 0.29) is 28.3 Å². The van der Waals surface area contributed by atoms with Crippen molar-refractivity contribution >= 4 is 26.0 Å². The maximum atomic E-state index is 13.8. The molecule has 1 aliphatic heterocycles. The molecule has 2 N–H and O–H groups in total. The molecular weight excluding hydrogens is 481 g/mol. The molecule has 3 rings (SSSR count). The van der Waals surface area contributed by atoms with Crippen LogP contribution >= 0.6 is 15.9 Å². The molecule has 2 aromatic carbocycles. The third-order valence-electron chi connectivity index (χ3n) is 4.71. The van der Waals surface area contributed by atoms with Crippen LogP contribution in [0.1, 0.15) is 11.1 Å². The number of nitriles is 2. The van der Waals surface area contributed by atoms with Crippen LogP contribution in [0.4, 0.5) is 4.39 Å². The summed E-state index contributed by atoms with van der Waals surface area (Å²) in [4.78, 5) is -0.251. The van der Waals surface area contributed by atoms with Gasteiger partial charge < -0.3 is 14.9 Å². The van der Waals surface area contributed by atoms with Crippen LogP contribution in [-0.2, 0) is 10.0 Å². The van der Waals surface area contributed by atoms with Crippen LogP contribution in [0, 0.1) is 28.5 Å². The molecule has 1 unspecified atom stereocenters. The molecule has 1 saturated heterocycles. The molecule has 0 bridgehead atoms. The van der Waals surface area contributed by atoms with Gasteiger partial charge in [-0.05, 0) is 30.3 Å². The van der Waals surface area contributed by atoms with Gasteiger partial charge in [0.25, 0.3) is 0 Å². The van der Waals surface area contributed by atoms with Gasteiger partial charge in [-0.3, -0.25) is 0 Å². The molecule has 1 aliphatic rings. The van der Waals surface area contributed by atoms with Crippen molar-refractivity contribution in [2.24, 2.45) is 0 Å². The number of nitrogens with zero attached hydrogens (tertiary/aromatic N) is 3. The number of sulfonamides is 1. The lowest BCUT2D eigenvalue weighted by Gasteiger charge is -2.27. The van der Waals surface area contributed by atoms with Crippen molar-refractivity contribution in [3.8, 4) is 17.9 Å². The largest absolute Gasteiger partial charge is 0.486 e. The van der Waals surface area contributed by atoms with Gasteiger partial charge in [-0.1, -0.05) is 15.9 Å². The Morgan fingerprint density at radius 2 is 1.93 bits per heavy atom. The maximum Gasteiger partial charge on any atom is 0.244 e. The van der Waals surface area contributed by atoms with E-state index in [4.69, 9.17) is 10.00 Å². The molecule has 0 amide bonds. The quantitative estimate of drug-likeness (QED) is 0.641. The number of ether oxygens (including phenoxy) is 1. The third-order valence-corrected chi connectivity index (χ3v) is 7.08. The second-order valence-corrected chi connectivity index (χ2v) is 9.49. The SMILES string of the molecule is N#Cc1ccc(OC2CN(S(=O)(=O)c3ccc(Br)cc3C#N)C[C@@]2(O)CO)cc1F. The first-order chi connectivity index (χ1) is 14.1. The number of aliphatic hydroxyl groups is 2. The first-order valence-electron chi connectivity index (χ1n) is 8.54. The summed E-state index contributed by atoms with van der Waals surface area (Å²) in [7, 11) is -4.20. The zero-order valence-electron chi connectivity index (χ0n) is 15.3. The molecule has 1 fully saturated rings. The van der Waals surface area contributed by atoms with Crippen LogP contribution in [0.5, 0.6) is 5.75 Å². The van der Waals surface area contributed by atoms with Gasteiger partial charge in [-0.25, -0.2) is 12.8 Å². The Kier molecular flexibility index (Phi) is 6.13. The smallest absolute Gasteiger partial charge is 0.244 e. The highest BCUT2D eigenvalue weighted by Crippen LogP contribution is 2.32. The summed E-state index contributed by atoms with van der Waals surface area (Å²) < 4.78 is 47.0. The molecule has 1 heterocycles. The van der Waals surface area contributed by atoms with Crippen molar-refractivity contribution in [2.75, 3.05) is 19.7 Å². The van der Waals surface area contributed by atoms with Gasteiger partial charge in [-0.15, -0.1) is 0 Å². The molecule has 2 aromatic rings. The van der Waals surface area contributed by atoms with Gasteiger partial charge in [-0.2, -0.15) is 14.8 Å². The Morgan fingerprint density at radius 1 is 1.23 bits per heavy atom. The van der Waals surface area contributed by atoms with Gasteiger partial charge in [0, 0.05) is 17.1 Å². The van der Waals surface area contributed by atoms with Crippen molar-refractivity contribution in [1.29, 1.82) is 10.5 Å². The van der Waals surface area contributed by atoms with Crippen LogP contribution < -0.4 is 4.74 Å². The van der Waals surface area contributed by atoms with Crippen molar-refractivity contribution in [2.45, 2.75) is 16.6 Å². The summed E-state index contributed by atoms with van der Waals surface area (Å²) in [5.41, 5.74) is -2.25. The second kappa shape index (κ2) is 8.30. The van der Waals surface area contributed by atoms with E-state index in [0.29, 0.717) is 4.47 Å². The number of rotatable bonds is 5. The van der Waals surface area contributed by atoms with E-state index in [9.17, 15) is 28.3 Å². The first kappa shape index (κ1) is 22.2. The molecule has 156 valence electrons. The Balaban J connectivity index is 1.92. The molecule has 2 atom stereocenters. The minimum Gasteiger partial charge on any atom is -0.486 e. The van der Waals surface area contributed by atoms with Crippen molar-refractivity contribution < 1.29 is 27.8 Å². The summed E-state index contributed by atoms with van der Waals surface area (Å²) in [5.74, 6) is -0.873. The van der Waals surface area contributed by atoms with E-state index in [2.05, 4.69) is 15.9 Å². The van der Waals surface area contributed by atoms with Gasteiger partial charge in [0.05, 0.1) is 24.3 Å². The van der Waals surface area contributed by atoms with Crippen LogP contribution in [-0.4, -0.2) is 54.3 Å². The van der Waals surface area contributed by atoms with Crippen LogP contribution in [0.25, 0.3) is 0 Å². The number of aliphatic hydroxyl groups excluding tert-OH is 1. The lowest BCUT2D eigenvalue weighted by molar-refractivity contribution is -0.0641. The van der Waals surface area contributed by atoms with Gasteiger partial charge >= 0.3 is 0 Å². The molecule has 0 spiro atoms. The third kappa shape index (κ3) is 4.03. The zero-order chi connectivity index (χ0) is 22.1. The molecule has 0 saturated carbocycles. The summed E-state index contributed by atoms with van der Waals surface area (Å²) in [5, 5.41) is 38.5. The molecule has 0 radical (unpaired) electrons. The topological polar surface area (TPSA) is 135 Å². The van der Waals surface area contributed by atoms with E-state index in [0.717, 1.165) is 10.4 Å². The standard InChI is InChI=1S/C19H15BrFN3O5S/c20-14-2-4-17(13(5-14)8-23)30(27,28)24-9-18(19(26,10-24)11-25)29-15-3-1-12(7-22)16(21)6-15/h1-6,18,25-26H,9-11H2/t18?,19-/m1/s1. The van der Waals surface area contributed by atoms with E-state index in [1.54, 1.807) is 6.07 Å². The molecular formula is C19H15BrFN3O5S. The summed E-state index contributed by atoms with van der Waals surface area (Å²) in [6, 6.07) is 11.0. The van der Waals surface area contributed by atoms with Gasteiger partial charge in [0.1, 0.15) is 40.3 Å². The fourth-order valence-electron chi connectivity index (χ4n) is 3.09. The van der Waals surface area contributed by atoms with Crippen molar-refractivity contribution in [1.82, 2.24) is 4.31 Å². The first-order valence-corrected chi connectivity index (χ1v) is 10.8. The predicted octanol–water partition coefficient (Wildman–Crippen LogP) is 1.51. The van der Waals surface area contributed by atoms with E-state index in [1.807, 2.05) is 6.07 Å². The second-order valence-electron chi connectivity index (χ2n) is 6.67. The Labute approximate surface area is 180 Å². The normalized spacial score (nSPS) is 21.7. The van der Waals surface area contributed by atoms with Gasteiger partial charge in [0.2, 0.25) is 10.0 Å². The summed E-state index contributed by atoms with van der Waals surface area (Å²) in [6.07, 6.45) is -1.22. The summed E-state index contributed by atoms with van der Waals surface area (Å²) in [6.45, 7) is -1.65. The van der Waals surface area contributed by atoms with Crippen LogP contribution in [0.2, 0.25) is 0 Å². The Bertz CT molecular complexity index is 1180. The number of hydrogen-bond acceptors (Lipinski definition) is 7. The number of hydrogen-bond donors (Lipinski definition) is 2. The highest BCUT2D eigenvalue weighted by Gasteiger charge is 2.51. The van der Waals surface area contributed by atoms with Crippen LogP contribution in [0.3, 0.4) is 0 Å². The monoisotopic (exact) mass is 495 g/mol. The lowest BCUT2D eigenvalue weighted by atomic mass is 10.0. The highest BCUT2D eigenvalue weighted by atomic mass is 79.9. The van der Waals surface area contributed by atoms with Gasteiger partial charge in [0.15, 0.2) is 0 Å². The van der Waals surface area contributed by atoms with E-state index >= 15 is 0 Å². The summed E-state index contributed by atoms with van der Waals surface area (Å²) >= 11 is 3.18. The zero-order valence-corrected chi connectivity index (χ0v) is 17.7. The Morgan fingerprint density at radius 3 is 2.53 bits per heavy atom. The highest BCUT2D eigenvalue weighted by molar-refractivity contribution is 9.10. The lowest BCUT2D eigenvalue weighted by Crippen LogP contribution is -2.48. The molecule has 30 heavy (non-hydrogen) atoms. The number of halogens is 2. The molecule has 8 nitrogen and oxygen atoms in total. The van der Waals surface area contributed by atoms with Crippen LogP contribution in [0.15, 0.2) is 45.8 Å².